The third kappa shape index (κ3) is 4.39. The minimum absolute atomic E-state index is 0.178. The minimum atomic E-state index is -0.806. The van der Waals surface area contributed by atoms with Gasteiger partial charge in [0.1, 0.15) is 23.2 Å². The summed E-state index contributed by atoms with van der Waals surface area (Å²) < 4.78 is 4.98. The molecule has 9 nitrogen and oxygen atoms in total. The lowest BCUT2D eigenvalue weighted by molar-refractivity contribution is -0.141. The lowest BCUT2D eigenvalue weighted by Crippen LogP contribution is -2.46. The summed E-state index contributed by atoms with van der Waals surface area (Å²) in [5, 5.41) is 8.27. The van der Waals surface area contributed by atoms with Crippen LogP contribution in [-0.4, -0.2) is 41.7 Å². The fraction of sp³-hybridized carbons (Fsp3) is 0.296. The number of benzene rings is 1. The molecule has 2 atom stereocenters. The molecule has 1 saturated heterocycles. The maximum absolute atomic E-state index is 12.6. The number of pyridine rings is 2. The van der Waals surface area contributed by atoms with E-state index in [1.165, 1.54) is 7.11 Å². The quantitative estimate of drug-likeness (QED) is 0.287. The maximum atomic E-state index is 12.6. The number of aromatic nitrogens is 2. The topological polar surface area (TPSA) is 114 Å². The summed E-state index contributed by atoms with van der Waals surface area (Å²) in [6, 6.07) is 10.8. The van der Waals surface area contributed by atoms with E-state index in [9.17, 15) is 14.4 Å². The van der Waals surface area contributed by atoms with Crippen LogP contribution in [0.4, 0.5) is 22.9 Å². The van der Waals surface area contributed by atoms with Crippen LogP contribution in [0.3, 0.4) is 0 Å². The van der Waals surface area contributed by atoms with Crippen LogP contribution in [0.1, 0.15) is 25.3 Å². The molecule has 0 bridgehead atoms. The first-order valence-corrected chi connectivity index (χ1v) is 11.9. The van der Waals surface area contributed by atoms with E-state index in [1.54, 1.807) is 18.6 Å². The maximum Gasteiger partial charge on any atom is 0.328 e. The van der Waals surface area contributed by atoms with Gasteiger partial charge < -0.3 is 20.3 Å². The van der Waals surface area contributed by atoms with Crippen LogP contribution in [-0.2, 0) is 16.0 Å². The summed E-state index contributed by atoms with van der Waals surface area (Å²) >= 11 is 0. The Labute approximate surface area is 207 Å². The molecule has 1 aliphatic rings. The van der Waals surface area contributed by atoms with Gasteiger partial charge in [-0.25, -0.2) is 9.78 Å². The van der Waals surface area contributed by atoms with Gasteiger partial charge in [-0.3, -0.25) is 14.6 Å². The van der Waals surface area contributed by atoms with Crippen molar-refractivity contribution in [2.24, 2.45) is 0 Å². The molecule has 1 aliphatic heterocycles. The Morgan fingerprint density at radius 3 is 2.64 bits per heavy atom. The Morgan fingerprint density at radius 2 is 1.92 bits per heavy atom. The van der Waals surface area contributed by atoms with Crippen molar-refractivity contribution >= 4 is 39.6 Å². The van der Waals surface area contributed by atoms with E-state index in [0.717, 1.165) is 41.4 Å². The summed E-state index contributed by atoms with van der Waals surface area (Å²) in [5.41, 5.74) is 1.20. The van der Waals surface area contributed by atoms with Gasteiger partial charge >= 0.3 is 5.97 Å². The number of hydrogen-bond donors (Lipinski definition) is 2. The predicted molar refractivity (Wildman–Crippen MR) is 140 cm³/mol. The second-order valence-electron chi connectivity index (χ2n) is 9.07. The molecule has 0 aliphatic carbocycles. The van der Waals surface area contributed by atoms with E-state index in [1.807, 2.05) is 48.2 Å². The van der Waals surface area contributed by atoms with Crippen LogP contribution < -0.4 is 26.4 Å². The van der Waals surface area contributed by atoms with Crippen molar-refractivity contribution < 1.29 is 9.53 Å². The molecule has 0 saturated carbocycles. The van der Waals surface area contributed by atoms with Gasteiger partial charge in [0.25, 0.3) is 10.9 Å². The van der Waals surface area contributed by atoms with Crippen LogP contribution in [0.2, 0.25) is 0 Å². The highest BCUT2D eigenvalue weighted by Crippen LogP contribution is 2.29. The standard InChI is InChI=1S/C27H27N5O4/c1-16-4-3-13-32(16)23-22(24(33)25(23)34)31-21(27(35)36-2)14-17-5-7-19(8-6-17)30-26-20-15-28-11-9-18(20)10-12-29-26/h5-12,15-16,21,31H,3-4,13-14H2,1-2H3,(H,29,30)/t16-,21-/m0/s1. The molecule has 2 aromatic heterocycles. The molecule has 184 valence electrons. The van der Waals surface area contributed by atoms with Crippen molar-refractivity contribution in [2.45, 2.75) is 38.3 Å². The zero-order valence-corrected chi connectivity index (χ0v) is 20.2. The number of nitrogens with one attached hydrogen (secondary N) is 2. The number of nitrogens with zero attached hydrogens (tertiary/aromatic N) is 3. The zero-order chi connectivity index (χ0) is 25.2. The van der Waals surface area contributed by atoms with Crippen LogP contribution >= 0.6 is 0 Å². The van der Waals surface area contributed by atoms with Gasteiger partial charge in [-0.1, -0.05) is 12.1 Å². The Hall–Kier alpha value is -4.27. The van der Waals surface area contributed by atoms with Crippen LogP contribution in [0.15, 0.2) is 64.6 Å². The highest BCUT2D eigenvalue weighted by molar-refractivity contribution is 5.92. The summed E-state index contributed by atoms with van der Waals surface area (Å²) in [6.07, 6.45) is 7.46. The highest BCUT2D eigenvalue weighted by atomic mass is 16.5. The van der Waals surface area contributed by atoms with Crippen molar-refractivity contribution in [1.82, 2.24) is 9.97 Å². The van der Waals surface area contributed by atoms with Gasteiger partial charge in [-0.2, -0.15) is 0 Å². The second-order valence-corrected chi connectivity index (χ2v) is 9.07. The molecule has 2 N–H and O–H groups in total. The Bertz CT molecular complexity index is 1470. The first-order valence-electron chi connectivity index (χ1n) is 11.9. The molecular weight excluding hydrogens is 458 g/mol. The van der Waals surface area contributed by atoms with Crippen molar-refractivity contribution in [3.63, 3.8) is 0 Å². The summed E-state index contributed by atoms with van der Waals surface area (Å²) in [4.78, 5) is 47.8. The number of carbonyl (C=O) groups excluding carboxylic acids is 1. The number of methoxy groups -OCH3 is 1. The third-order valence-corrected chi connectivity index (χ3v) is 6.75. The van der Waals surface area contributed by atoms with Gasteiger partial charge in [0.15, 0.2) is 0 Å². The normalized spacial score (nSPS) is 16.3. The van der Waals surface area contributed by atoms with E-state index in [4.69, 9.17) is 4.74 Å². The average Bonchev–Trinajstić information content (AvgIpc) is 3.33. The number of fused-ring (bicyclic) bond motifs is 1. The lowest BCUT2D eigenvalue weighted by atomic mass is 10.0. The average molecular weight is 486 g/mol. The van der Waals surface area contributed by atoms with Gasteiger partial charge in [-0.05, 0) is 55.0 Å². The highest BCUT2D eigenvalue weighted by Gasteiger charge is 2.33. The van der Waals surface area contributed by atoms with Gasteiger partial charge in [0, 0.05) is 48.7 Å². The molecule has 2 aromatic carbocycles. The fourth-order valence-electron chi connectivity index (χ4n) is 4.77. The molecule has 4 aromatic rings. The smallest absolute Gasteiger partial charge is 0.328 e. The lowest BCUT2D eigenvalue weighted by Gasteiger charge is -2.28. The zero-order valence-electron chi connectivity index (χ0n) is 20.2. The number of anilines is 4. The van der Waals surface area contributed by atoms with Crippen LogP contribution in [0.5, 0.6) is 0 Å². The van der Waals surface area contributed by atoms with E-state index in [0.29, 0.717) is 11.5 Å². The van der Waals surface area contributed by atoms with E-state index < -0.39 is 22.9 Å². The summed E-state index contributed by atoms with van der Waals surface area (Å²) in [5.74, 6) is 0.198. The van der Waals surface area contributed by atoms with E-state index in [-0.39, 0.29) is 18.2 Å². The first-order chi connectivity index (χ1) is 17.5. The Kier molecular flexibility index (Phi) is 6.37. The number of carbonyl (C=O) groups is 1. The van der Waals surface area contributed by atoms with Crippen LogP contribution in [0.25, 0.3) is 10.8 Å². The van der Waals surface area contributed by atoms with Crippen molar-refractivity contribution in [1.29, 1.82) is 0 Å². The van der Waals surface area contributed by atoms with Gasteiger partial charge in [0.2, 0.25) is 0 Å². The molecule has 0 spiro atoms. The molecule has 1 fully saturated rings. The largest absolute Gasteiger partial charge is 0.467 e. The Balaban J connectivity index is 1.33. The molecule has 3 heterocycles. The fourth-order valence-corrected chi connectivity index (χ4v) is 4.77. The van der Waals surface area contributed by atoms with E-state index in [2.05, 4.69) is 20.6 Å². The number of rotatable bonds is 8. The summed E-state index contributed by atoms with van der Waals surface area (Å²) in [7, 11) is 1.31. The van der Waals surface area contributed by atoms with Gasteiger partial charge in [-0.15, -0.1) is 0 Å². The molecule has 5 rings (SSSR count). The molecular formula is C27H27N5O4. The first kappa shape index (κ1) is 23.5. The SMILES string of the molecule is COC(=O)[C@H](Cc1ccc(Nc2nccc3ccncc23)cc1)Nc1c(N2CCC[C@@H]2C)c(=O)c1=O. The third-order valence-electron chi connectivity index (χ3n) is 6.75. The van der Waals surface area contributed by atoms with Crippen LogP contribution in [0, 0.1) is 0 Å². The van der Waals surface area contributed by atoms with E-state index >= 15 is 0 Å². The minimum Gasteiger partial charge on any atom is -0.467 e. The second kappa shape index (κ2) is 9.77. The Morgan fingerprint density at radius 1 is 1.14 bits per heavy atom. The molecule has 0 unspecified atom stereocenters. The molecule has 0 radical (unpaired) electrons. The molecule has 9 heteroatoms. The predicted octanol–water partition coefficient (Wildman–Crippen LogP) is 3.15. The number of esters is 1. The van der Waals surface area contributed by atoms with Crippen molar-refractivity contribution in [3.8, 4) is 0 Å². The molecule has 36 heavy (non-hydrogen) atoms. The molecule has 0 amide bonds. The van der Waals surface area contributed by atoms with Crippen molar-refractivity contribution in [2.75, 3.05) is 29.2 Å². The van der Waals surface area contributed by atoms with Gasteiger partial charge in [0.05, 0.1) is 7.11 Å². The summed E-state index contributed by atoms with van der Waals surface area (Å²) in [6.45, 7) is 2.75. The number of ether oxygens (including phenoxy) is 1. The number of hydrogen-bond acceptors (Lipinski definition) is 9. The monoisotopic (exact) mass is 485 g/mol. The van der Waals surface area contributed by atoms with Crippen molar-refractivity contribution in [3.05, 3.63) is 81.0 Å².